The fraction of sp³-hybridized carbons (Fsp3) is 0.500. The Balaban J connectivity index is 1.38. The maximum Gasteiger partial charge on any atom is 0.331 e. The number of nitrogens with one attached hydrogen (secondary N) is 1. The number of hydrogen-bond donors (Lipinski definition) is 2. The van der Waals surface area contributed by atoms with Crippen molar-refractivity contribution in [2.24, 2.45) is 28.3 Å². The summed E-state index contributed by atoms with van der Waals surface area (Å²) in [5.74, 6) is 1.28. The Bertz CT molecular complexity index is 1390. The zero-order valence-electron chi connectivity index (χ0n) is 21.0. The van der Waals surface area contributed by atoms with Gasteiger partial charge in [0.2, 0.25) is 5.88 Å². The van der Waals surface area contributed by atoms with Gasteiger partial charge in [-0.2, -0.15) is 10.1 Å². The largest absolute Gasteiger partial charge is 0.494 e. The van der Waals surface area contributed by atoms with E-state index in [9.17, 15) is 19.5 Å². The van der Waals surface area contributed by atoms with E-state index in [0.29, 0.717) is 29.2 Å². The van der Waals surface area contributed by atoms with Crippen molar-refractivity contribution in [1.82, 2.24) is 9.55 Å². The topological polar surface area (TPSA) is 108 Å². The van der Waals surface area contributed by atoms with Crippen molar-refractivity contribution in [2.75, 3.05) is 5.01 Å². The average molecular weight is 489 g/mol. The molecular weight excluding hydrogens is 456 g/mol. The molecule has 0 radical (unpaired) electrons. The Labute approximate surface area is 209 Å². The first-order valence-electron chi connectivity index (χ1n) is 12.9. The van der Waals surface area contributed by atoms with Crippen LogP contribution in [0.4, 0.5) is 5.69 Å². The Morgan fingerprint density at radius 2 is 1.61 bits per heavy atom. The minimum atomic E-state index is -0.714. The van der Waals surface area contributed by atoms with Crippen LogP contribution in [0, 0.1) is 30.1 Å². The van der Waals surface area contributed by atoms with Gasteiger partial charge in [0.25, 0.3) is 11.5 Å². The van der Waals surface area contributed by atoms with Gasteiger partial charge in [-0.1, -0.05) is 17.7 Å². The van der Waals surface area contributed by atoms with E-state index in [4.69, 9.17) is 0 Å². The lowest BCUT2D eigenvalue weighted by Crippen LogP contribution is -2.51. The van der Waals surface area contributed by atoms with E-state index >= 15 is 0 Å². The summed E-state index contributed by atoms with van der Waals surface area (Å²) in [5.41, 5.74) is 0.869. The predicted octanol–water partition coefficient (Wildman–Crippen LogP) is 4.13. The van der Waals surface area contributed by atoms with Gasteiger partial charge in [-0.25, -0.2) is 4.79 Å². The molecule has 188 valence electrons. The summed E-state index contributed by atoms with van der Waals surface area (Å²) in [6.07, 6.45) is 8.34. The second-order valence-electron chi connectivity index (χ2n) is 11.5. The highest BCUT2D eigenvalue weighted by molar-refractivity contribution is 6.32. The van der Waals surface area contributed by atoms with Gasteiger partial charge in [-0.15, -0.1) is 0 Å². The molecule has 4 saturated carbocycles. The number of aryl methyl sites for hydroxylation is 1. The predicted molar refractivity (Wildman–Crippen MR) is 138 cm³/mol. The van der Waals surface area contributed by atoms with E-state index < -0.39 is 11.2 Å². The fourth-order valence-electron chi connectivity index (χ4n) is 7.69. The van der Waals surface area contributed by atoms with Crippen molar-refractivity contribution in [3.63, 3.8) is 0 Å². The molecule has 1 aromatic heterocycles. The fourth-order valence-corrected chi connectivity index (χ4v) is 7.69. The first-order chi connectivity index (χ1) is 17.1. The maximum absolute atomic E-state index is 13.2. The van der Waals surface area contributed by atoms with Crippen molar-refractivity contribution in [2.45, 2.75) is 65.3 Å². The summed E-state index contributed by atoms with van der Waals surface area (Å²) in [6, 6.07) is 7.15. The average Bonchev–Trinajstić information content (AvgIpc) is 3.09. The molecule has 0 saturated heterocycles. The SMILES string of the molecule is CC1=NN(c2ccc(C)cc2)C(=O)/C1=C/c1c(O)n(C(C)C23CC4CC(CC(C4)C2)C3)c(=O)[nH]c1=O. The third kappa shape index (κ3) is 3.49. The van der Waals surface area contributed by atoms with Gasteiger partial charge < -0.3 is 5.11 Å². The van der Waals surface area contributed by atoms with Crippen molar-refractivity contribution in [3.8, 4) is 5.88 Å². The molecule has 4 bridgehead atoms. The molecule has 2 heterocycles. The molecule has 4 fully saturated rings. The summed E-state index contributed by atoms with van der Waals surface area (Å²) >= 11 is 0. The minimum absolute atomic E-state index is 0.0541. The van der Waals surface area contributed by atoms with Gasteiger partial charge >= 0.3 is 5.69 Å². The Morgan fingerprint density at radius 3 is 2.19 bits per heavy atom. The lowest BCUT2D eigenvalue weighted by atomic mass is 9.48. The molecule has 1 aromatic carbocycles. The summed E-state index contributed by atoms with van der Waals surface area (Å²) in [5, 5.41) is 17.0. The van der Waals surface area contributed by atoms with Crippen LogP contribution in [0.15, 0.2) is 44.5 Å². The number of anilines is 1. The van der Waals surface area contributed by atoms with Crippen LogP contribution >= 0.6 is 0 Å². The van der Waals surface area contributed by atoms with Gasteiger partial charge in [0.1, 0.15) is 5.56 Å². The lowest BCUT2D eigenvalue weighted by Gasteiger charge is -2.59. The molecule has 5 aliphatic rings. The molecule has 1 atom stereocenters. The normalized spacial score (nSPS) is 30.8. The van der Waals surface area contributed by atoms with Crippen molar-refractivity contribution in [1.29, 1.82) is 0 Å². The van der Waals surface area contributed by atoms with E-state index in [1.807, 2.05) is 38.1 Å². The molecule has 36 heavy (non-hydrogen) atoms. The molecule has 1 unspecified atom stereocenters. The summed E-state index contributed by atoms with van der Waals surface area (Å²) in [6.45, 7) is 5.65. The lowest BCUT2D eigenvalue weighted by molar-refractivity contribution is -0.114. The third-order valence-corrected chi connectivity index (χ3v) is 9.14. The van der Waals surface area contributed by atoms with E-state index in [2.05, 4.69) is 10.1 Å². The number of hydrazone groups is 1. The molecule has 4 aliphatic carbocycles. The third-order valence-electron chi connectivity index (χ3n) is 9.14. The molecule has 0 spiro atoms. The van der Waals surface area contributed by atoms with Crippen LogP contribution < -0.4 is 16.3 Å². The number of aromatic nitrogens is 2. The summed E-state index contributed by atoms with van der Waals surface area (Å²) < 4.78 is 1.35. The van der Waals surface area contributed by atoms with Gasteiger partial charge in [0.15, 0.2) is 0 Å². The monoisotopic (exact) mass is 488 g/mol. The molecule has 1 aliphatic heterocycles. The standard InChI is InChI=1S/C28H32N4O4/c1-15-4-6-21(7-5-15)32-26(35)22(16(2)30-32)11-23-24(33)29-27(36)31(25(23)34)17(3)28-12-18-8-19(13-28)10-20(9-18)14-28/h4-7,11,17-20,34H,8-10,12-14H2,1-3H3,(H,29,33,36)/b22-11+. The second kappa shape index (κ2) is 8.05. The quantitative estimate of drug-likeness (QED) is 0.631. The van der Waals surface area contributed by atoms with Crippen molar-refractivity contribution >= 4 is 23.4 Å². The van der Waals surface area contributed by atoms with Crippen LogP contribution in [-0.2, 0) is 4.79 Å². The molecule has 7 rings (SSSR count). The van der Waals surface area contributed by atoms with Crippen LogP contribution in [0.1, 0.15) is 69.5 Å². The van der Waals surface area contributed by atoms with Crippen LogP contribution in [0.3, 0.4) is 0 Å². The highest BCUT2D eigenvalue weighted by Crippen LogP contribution is 2.63. The van der Waals surface area contributed by atoms with E-state index in [0.717, 1.165) is 24.8 Å². The Kier molecular flexibility index (Phi) is 5.14. The molecular formula is C28H32N4O4. The number of hydrogen-bond acceptors (Lipinski definition) is 5. The van der Waals surface area contributed by atoms with E-state index in [-0.39, 0.29) is 34.4 Å². The second-order valence-corrected chi connectivity index (χ2v) is 11.5. The van der Waals surface area contributed by atoms with Crippen LogP contribution in [0.2, 0.25) is 0 Å². The van der Waals surface area contributed by atoms with Gasteiger partial charge in [0.05, 0.1) is 17.0 Å². The molecule has 2 N–H and O–H groups in total. The van der Waals surface area contributed by atoms with Gasteiger partial charge in [0, 0.05) is 6.04 Å². The first kappa shape index (κ1) is 23.0. The van der Waals surface area contributed by atoms with Crippen LogP contribution in [-0.4, -0.2) is 26.3 Å². The number of nitrogens with zero attached hydrogens (tertiary/aromatic N) is 3. The Hall–Kier alpha value is -3.42. The van der Waals surface area contributed by atoms with Crippen LogP contribution in [0.5, 0.6) is 5.88 Å². The zero-order chi connectivity index (χ0) is 25.4. The van der Waals surface area contributed by atoms with Crippen molar-refractivity contribution in [3.05, 3.63) is 61.8 Å². The number of carbonyl (C=O) groups is 1. The van der Waals surface area contributed by atoms with Gasteiger partial charge in [-0.3, -0.25) is 19.1 Å². The summed E-state index contributed by atoms with van der Waals surface area (Å²) in [7, 11) is 0. The zero-order valence-corrected chi connectivity index (χ0v) is 21.0. The Morgan fingerprint density at radius 1 is 1.03 bits per heavy atom. The summed E-state index contributed by atoms with van der Waals surface area (Å²) in [4.78, 5) is 41.5. The van der Waals surface area contributed by atoms with E-state index in [1.165, 1.54) is 34.9 Å². The smallest absolute Gasteiger partial charge is 0.331 e. The van der Waals surface area contributed by atoms with Crippen molar-refractivity contribution < 1.29 is 9.90 Å². The highest BCUT2D eigenvalue weighted by atomic mass is 16.3. The molecule has 8 nitrogen and oxygen atoms in total. The van der Waals surface area contributed by atoms with E-state index in [1.54, 1.807) is 6.92 Å². The number of aromatic amines is 1. The minimum Gasteiger partial charge on any atom is -0.494 e. The number of benzene rings is 1. The molecule has 1 amide bonds. The number of aromatic hydroxyl groups is 1. The molecule has 2 aromatic rings. The maximum atomic E-state index is 13.2. The highest BCUT2D eigenvalue weighted by Gasteiger charge is 2.54. The first-order valence-corrected chi connectivity index (χ1v) is 12.9. The molecule has 8 heteroatoms. The number of rotatable bonds is 4. The van der Waals surface area contributed by atoms with Crippen LogP contribution in [0.25, 0.3) is 6.08 Å². The number of carbonyl (C=O) groups excluding carboxylic acids is 1. The van der Waals surface area contributed by atoms with Gasteiger partial charge in [-0.05, 0) is 101 Å². The number of amides is 1. The number of H-pyrrole nitrogens is 1.